The molecule has 1 heterocycles. The van der Waals surface area contributed by atoms with Gasteiger partial charge in [-0.15, -0.1) is 0 Å². The van der Waals surface area contributed by atoms with Crippen molar-refractivity contribution in [1.82, 2.24) is 10.3 Å². The predicted molar refractivity (Wildman–Crippen MR) is 73.0 cm³/mol. The van der Waals surface area contributed by atoms with E-state index in [0.717, 1.165) is 24.3 Å². The monoisotopic (exact) mass is 245 g/mol. The van der Waals surface area contributed by atoms with Gasteiger partial charge in [-0.05, 0) is 61.6 Å². The summed E-state index contributed by atoms with van der Waals surface area (Å²) in [6, 6.07) is 4.36. The quantitative estimate of drug-likeness (QED) is 0.773. The zero-order chi connectivity index (χ0) is 12.4. The molecule has 98 valence electrons. The zero-order valence-corrected chi connectivity index (χ0v) is 10.9. The van der Waals surface area contributed by atoms with Gasteiger partial charge in [0.15, 0.2) is 0 Å². The Morgan fingerprint density at radius 3 is 2.50 bits per heavy atom. The first-order valence-corrected chi connectivity index (χ1v) is 7.22. The minimum atomic E-state index is 0.263. The molecule has 0 amide bonds. The fourth-order valence-electron chi connectivity index (χ4n) is 2.96. The molecule has 1 aromatic heterocycles. The van der Waals surface area contributed by atoms with E-state index < -0.39 is 0 Å². The molecule has 2 fully saturated rings. The van der Waals surface area contributed by atoms with E-state index in [1.165, 1.54) is 31.2 Å². The number of nitrogens with two attached hydrogens (primary N) is 1. The van der Waals surface area contributed by atoms with E-state index in [1.807, 2.05) is 18.5 Å². The molecule has 18 heavy (non-hydrogen) atoms. The molecule has 1 atom stereocenters. The fraction of sp³-hybridized carbons (Fsp3) is 0.667. The molecule has 3 heteroatoms. The molecule has 1 aromatic rings. The number of nitrogens with zero attached hydrogens (tertiary/aromatic N) is 1. The normalized spacial score (nSPS) is 21.2. The number of nitrogens with one attached hydrogen (secondary N) is 1. The third kappa shape index (κ3) is 2.90. The molecule has 2 saturated carbocycles. The fourth-order valence-corrected chi connectivity index (χ4v) is 2.96. The van der Waals surface area contributed by atoms with Crippen LogP contribution >= 0.6 is 0 Å². The lowest BCUT2D eigenvalue weighted by molar-refractivity contribution is 0.357. The van der Waals surface area contributed by atoms with Crippen LogP contribution in [0, 0.1) is 17.8 Å². The maximum absolute atomic E-state index is 5.88. The lowest BCUT2D eigenvalue weighted by Crippen LogP contribution is -2.33. The van der Waals surface area contributed by atoms with E-state index in [-0.39, 0.29) is 6.04 Å². The Balaban J connectivity index is 1.56. The number of rotatable bonds is 7. The summed E-state index contributed by atoms with van der Waals surface area (Å²) in [5, 5.41) is 3.66. The molecule has 0 aromatic carbocycles. The lowest BCUT2D eigenvalue weighted by Gasteiger charge is -2.22. The highest BCUT2D eigenvalue weighted by Gasteiger charge is 2.41. The maximum Gasteiger partial charge on any atom is 0.0459 e. The third-order valence-electron chi connectivity index (χ3n) is 4.38. The first-order chi connectivity index (χ1) is 8.88. The van der Waals surface area contributed by atoms with Crippen molar-refractivity contribution in [2.24, 2.45) is 23.5 Å². The smallest absolute Gasteiger partial charge is 0.0459 e. The van der Waals surface area contributed by atoms with Crippen molar-refractivity contribution in [3.63, 3.8) is 0 Å². The number of hydrogen-bond donors (Lipinski definition) is 2. The highest BCUT2D eigenvalue weighted by molar-refractivity contribution is 5.14. The third-order valence-corrected chi connectivity index (χ3v) is 4.38. The van der Waals surface area contributed by atoms with Crippen molar-refractivity contribution < 1.29 is 0 Å². The molecular weight excluding hydrogens is 222 g/mol. The zero-order valence-electron chi connectivity index (χ0n) is 10.9. The Bertz CT molecular complexity index is 359. The second-order valence-electron chi connectivity index (χ2n) is 5.82. The van der Waals surface area contributed by atoms with Crippen molar-refractivity contribution in [3.8, 4) is 0 Å². The van der Waals surface area contributed by atoms with Gasteiger partial charge in [0.2, 0.25) is 0 Å². The average molecular weight is 245 g/mol. The number of hydrogen-bond acceptors (Lipinski definition) is 3. The minimum absolute atomic E-state index is 0.263. The predicted octanol–water partition coefficient (Wildman–Crippen LogP) is 2.11. The summed E-state index contributed by atoms with van der Waals surface area (Å²) in [6.45, 7) is 1.78. The minimum Gasteiger partial charge on any atom is -0.329 e. The van der Waals surface area contributed by atoms with Crippen LogP contribution in [0.4, 0.5) is 0 Å². The average Bonchev–Trinajstić information content (AvgIpc) is 3.29. The van der Waals surface area contributed by atoms with Gasteiger partial charge in [0.1, 0.15) is 0 Å². The highest BCUT2D eigenvalue weighted by Crippen LogP contribution is 2.48. The van der Waals surface area contributed by atoms with E-state index in [4.69, 9.17) is 5.73 Å². The van der Waals surface area contributed by atoms with Crippen LogP contribution in [0.2, 0.25) is 0 Å². The van der Waals surface area contributed by atoms with E-state index in [2.05, 4.69) is 16.4 Å². The van der Waals surface area contributed by atoms with Gasteiger partial charge in [-0.1, -0.05) is 6.07 Å². The Labute approximate surface area is 109 Å². The Hall–Kier alpha value is -0.930. The van der Waals surface area contributed by atoms with E-state index >= 15 is 0 Å². The van der Waals surface area contributed by atoms with E-state index in [0.29, 0.717) is 6.54 Å². The number of pyridine rings is 1. The van der Waals surface area contributed by atoms with Crippen LogP contribution in [-0.2, 0) is 0 Å². The SMILES string of the molecule is NCC(NCC(C1CC1)C1CC1)c1cccnc1. The summed E-state index contributed by atoms with van der Waals surface area (Å²) in [7, 11) is 0. The summed E-state index contributed by atoms with van der Waals surface area (Å²) in [6.07, 6.45) is 9.53. The van der Waals surface area contributed by atoms with Crippen molar-refractivity contribution in [2.75, 3.05) is 13.1 Å². The molecule has 3 N–H and O–H groups in total. The van der Waals surface area contributed by atoms with Gasteiger partial charge in [-0.3, -0.25) is 4.98 Å². The Morgan fingerprint density at radius 1 is 1.28 bits per heavy atom. The van der Waals surface area contributed by atoms with Gasteiger partial charge < -0.3 is 11.1 Å². The summed E-state index contributed by atoms with van der Waals surface area (Å²) >= 11 is 0. The second kappa shape index (κ2) is 5.37. The molecule has 2 aliphatic carbocycles. The first-order valence-electron chi connectivity index (χ1n) is 7.22. The van der Waals surface area contributed by atoms with E-state index in [9.17, 15) is 0 Å². The van der Waals surface area contributed by atoms with Crippen molar-refractivity contribution in [3.05, 3.63) is 30.1 Å². The van der Waals surface area contributed by atoms with Crippen LogP contribution in [-0.4, -0.2) is 18.1 Å². The van der Waals surface area contributed by atoms with Crippen LogP contribution < -0.4 is 11.1 Å². The molecular formula is C15H23N3. The lowest BCUT2D eigenvalue weighted by atomic mass is 9.97. The molecule has 0 saturated heterocycles. The van der Waals surface area contributed by atoms with Gasteiger partial charge in [-0.2, -0.15) is 0 Å². The molecule has 3 rings (SSSR count). The maximum atomic E-state index is 5.88. The van der Waals surface area contributed by atoms with Gasteiger partial charge in [0.05, 0.1) is 0 Å². The number of aromatic nitrogens is 1. The molecule has 0 radical (unpaired) electrons. The molecule has 0 bridgehead atoms. The van der Waals surface area contributed by atoms with Crippen molar-refractivity contribution in [2.45, 2.75) is 31.7 Å². The van der Waals surface area contributed by atoms with Crippen LogP contribution in [0.25, 0.3) is 0 Å². The molecule has 3 nitrogen and oxygen atoms in total. The second-order valence-corrected chi connectivity index (χ2v) is 5.82. The van der Waals surface area contributed by atoms with Gasteiger partial charge >= 0.3 is 0 Å². The van der Waals surface area contributed by atoms with Crippen LogP contribution in [0.3, 0.4) is 0 Å². The molecule has 0 aliphatic heterocycles. The Kier molecular flexibility index (Phi) is 3.62. The van der Waals surface area contributed by atoms with Crippen LogP contribution in [0.15, 0.2) is 24.5 Å². The van der Waals surface area contributed by atoms with Crippen LogP contribution in [0.1, 0.15) is 37.3 Å². The van der Waals surface area contributed by atoms with Gasteiger partial charge in [0.25, 0.3) is 0 Å². The molecule has 1 unspecified atom stereocenters. The largest absolute Gasteiger partial charge is 0.329 e. The highest BCUT2D eigenvalue weighted by atomic mass is 14.9. The standard InChI is InChI=1S/C15H23N3/c16-8-15(13-2-1-7-17-9-13)18-10-14(11-3-4-11)12-5-6-12/h1-2,7,9,11-12,14-15,18H,3-6,8,10,16H2. The summed E-state index contributed by atoms with van der Waals surface area (Å²) in [4.78, 5) is 4.18. The first kappa shape index (κ1) is 12.1. The summed E-state index contributed by atoms with van der Waals surface area (Å²) in [5.41, 5.74) is 7.10. The van der Waals surface area contributed by atoms with E-state index in [1.54, 1.807) is 0 Å². The summed E-state index contributed by atoms with van der Waals surface area (Å²) in [5.74, 6) is 2.89. The van der Waals surface area contributed by atoms with Gasteiger partial charge in [0, 0.05) is 25.0 Å². The molecule has 0 spiro atoms. The Morgan fingerprint density at radius 2 is 2.00 bits per heavy atom. The topological polar surface area (TPSA) is 50.9 Å². The van der Waals surface area contributed by atoms with Crippen molar-refractivity contribution in [1.29, 1.82) is 0 Å². The van der Waals surface area contributed by atoms with Crippen LogP contribution in [0.5, 0.6) is 0 Å². The van der Waals surface area contributed by atoms with Crippen molar-refractivity contribution >= 4 is 0 Å². The van der Waals surface area contributed by atoms with Gasteiger partial charge in [-0.25, -0.2) is 0 Å². The molecule has 2 aliphatic rings. The summed E-state index contributed by atoms with van der Waals surface area (Å²) < 4.78 is 0.